The van der Waals surface area contributed by atoms with Gasteiger partial charge in [0.25, 0.3) is 0 Å². The second kappa shape index (κ2) is 6.79. The zero-order valence-corrected chi connectivity index (χ0v) is 17.9. The molecule has 4 N–H and O–H groups in total. The summed E-state index contributed by atoms with van der Waals surface area (Å²) in [6.07, 6.45) is 3.49. The van der Waals surface area contributed by atoms with Crippen LogP contribution in [0.2, 0.25) is 0 Å². The summed E-state index contributed by atoms with van der Waals surface area (Å²) in [5.41, 5.74) is 2.66. The van der Waals surface area contributed by atoms with Gasteiger partial charge >= 0.3 is 6.03 Å². The fourth-order valence-electron chi connectivity index (χ4n) is 4.35. The molecule has 1 aliphatic heterocycles. The lowest BCUT2D eigenvalue weighted by atomic mass is 9.83. The maximum absolute atomic E-state index is 14.6. The highest BCUT2D eigenvalue weighted by atomic mass is 32.2. The molecule has 0 spiro atoms. The van der Waals surface area contributed by atoms with Gasteiger partial charge in [0, 0.05) is 5.69 Å². The van der Waals surface area contributed by atoms with Crippen molar-refractivity contribution in [1.82, 2.24) is 4.98 Å². The minimum atomic E-state index is -3.62. The predicted molar refractivity (Wildman–Crippen MR) is 109 cm³/mol. The Morgan fingerprint density at radius 3 is 2.67 bits per heavy atom. The fourth-order valence-corrected chi connectivity index (χ4v) is 6.63. The molecule has 2 atom stereocenters. The molecule has 11 heteroatoms. The first-order chi connectivity index (χ1) is 14.2. The van der Waals surface area contributed by atoms with E-state index in [2.05, 4.69) is 14.7 Å². The van der Waals surface area contributed by atoms with E-state index in [1.54, 1.807) is 6.92 Å². The summed E-state index contributed by atoms with van der Waals surface area (Å²) in [5, 5.41) is 19.0. The van der Waals surface area contributed by atoms with Crippen LogP contribution in [0.1, 0.15) is 46.2 Å². The maximum atomic E-state index is 14.6. The minimum Gasteiger partial charge on any atom is -0.382 e. The van der Waals surface area contributed by atoms with E-state index in [0.29, 0.717) is 53.1 Å². The van der Waals surface area contributed by atoms with Gasteiger partial charge in [0.1, 0.15) is 11.4 Å². The van der Waals surface area contributed by atoms with Crippen molar-refractivity contribution >= 4 is 33.0 Å². The Morgan fingerprint density at radius 2 is 1.97 bits per heavy atom. The van der Waals surface area contributed by atoms with Crippen LogP contribution in [0.3, 0.4) is 0 Å². The lowest BCUT2D eigenvalue weighted by molar-refractivity contribution is -0.0586. The number of carbonyl (C=O) groups excluding carboxylic acids is 1. The summed E-state index contributed by atoms with van der Waals surface area (Å²) >= 11 is 0.971. The molecular weight excluding hydrogens is 431 g/mol. The summed E-state index contributed by atoms with van der Waals surface area (Å²) in [5.74, 6) is -0.149. The molecule has 1 aromatic heterocycles. The molecule has 2 aliphatic carbocycles. The van der Waals surface area contributed by atoms with Gasteiger partial charge in [-0.3, -0.25) is 0 Å². The number of rotatable bonds is 2. The standard InChI is InChI=1S/C19H21FN4O4S2/c1-19(26)8-28-7-13-16(19)29-18(22-13)30(21,27)24-17(25)23-15-11-4-2-3-9(11)14(20)10-5-6-12(10)15/h26H,2-8H2,1H3,(H3,21,23,24,25,27). The number of aliphatic hydroxyl groups is 1. The molecule has 5 rings (SSSR count). The molecule has 0 fully saturated rings. The number of nitrogens with zero attached hydrogens (tertiary/aromatic N) is 2. The van der Waals surface area contributed by atoms with Gasteiger partial charge in [0.05, 0.1) is 23.8 Å². The van der Waals surface area contributed by atoms with Crippen molar-refractivity contribution in [3.8, 4) is 0 Å². The van der Waals surface area contributed by atoms with Crippen LogP contribution in [0.5, 0.6) is 0 Å². The zero-order chi connectivity index (χ0) is 21.3. The Kier molecular flexibility index (Phi) is 4.53. The number of fused-ring (bicyclic) bond motifs is 3. The first-order valence-electron chi connectivity index (χ1n) is 9.68. The zero-order valence-electron chi connectivity index (χ0n) is 16.3. The Labute approximate surface area is 177 Å². The highest BCUT2D eigenvalue weighted by molar-refractivity contribution is 7.93. The van der Waals surface area contributed by atoms with Crippen LogP contribution < -0.4 is 10.5 Å². The predicted octanol–water partition coefficient (Wildman–Crippen LogP) is 2.54. The van der Waals surface area contributed by atoms with Crippen molar-refractivity contribution in [3.63, 3.8) is 0 Å². The van der Waals surface area contributed by atoms with Crippen LogP contribution in [-0.2, 0) is 52.5 Å². The number of nitrogens with one attached hydrogen (secondary N) is 1. The van der Waals surface area contributed by atoms with E-state index >= 15 is 0 Å². The second-order valence-corrected chi connectivity index (χ2v) is 11.0. The Bertz CT molecular complexity index is 1210. The van der Waals surface area contributed by atoms with Crippen molar-refractivity contribution in [3.05, 3.63) is 38.6 Å². The van der Waals surface area contributed by atoms with Gasteiger partial charge in [0.15, 0.2) is 9.92 Å². The van der Waals surface area contributed by atoms with Crippen LogP contribution in [0.25, 0.3) is 0 Å². The van der Waals surface area contributed by atoms with Crippen molar-refractivity contribution in [2.75, 3.05) is 11.9 Å². The molecule has 2 amide bonds. The maximum Gasteiger partial charge on any atom is 0.354 e. The summed E-state index contributed by atoms with van der Waals surface area (Å²) in [6, 6.07) is -0.853. The highest BCUT2D eigenvalue weighted by Gasteiger charge is 2.36. The molecule has 2 heterocycles. The molecule has 1 aromatic carbocycles. The summed E-state index contributed by atoms with van der Waals surface area (Å²) < 4.78 is 36.5. The van der Waals surface area contributed by atoms with E-state index in [9.17, 15) is 18.5 Å². The SMILES string of the molecule is CC1(O)COCc2nc(S(N)(=O)=NC(=O)Nc3c4c(c(F)c5c3CC5)CCC4)sc21. The number of amides is 2. The van der Waals surface area contributed by atoms with Crippen LogP contribution in [0.4, 0.5) is 14.9 Å². The molecule has 160 valence electrons. The molecule has 0 saturated carbocycles. The third kappa shape index (κ3) is 3.07. The topological polar surface area (TPSA) is 127 Å². The molecule has 30 heavy (non-hydrogen) atoms. The number of halogens is 1. The molecular formula is C19H21FN4O4S2. The van der Waals surface area contributed by atoms with E-state index in [0.717, 1.165) is 28.9 Å². The number of urea groups is 1. The first kappa shape index (κ1) is 20.0. The van der Waals surface area contributed by atoms with Gasteiger partial charge in [-0.15, -0.1) is 15.7 Å². The molecule has 2 aromatic rings. The molecule has 0 radical (unpaired) electrons. The molecule has 0 saturated heterocycles. The van der Waals surface area contributed by atoms with Crippen molar-refractivity contribution in [2.24, 2.45) is 9.50 Å². The molecule has 8 nitrogen and oxygen atoms in total. The summed E-state index contributed by atoms with van der Waals surface area (Å²) in [7, 11) is -3.62. The van der Waals surface area contributed by atoms with Gasteiger partial charge in [-0.25, -0.2) is 23.5 Å². The van der Waals surface area contributed by atoms with E-state index in [4.69, 9.17) is 9.88 Å². The smallest absolute Gasteiger partial charge is 0.354 e. The number of aromatic nitrogens is 1. The van der Waals surface area contributed by atoms with Gasteiger partial charge in [0.2, 0.25) is 4.34 Å². The van der Waals surface area contributed by atoms with Crippen LogP contribution in [0.15, 0.2) is 8.70 Å². The third-order valence-electron chi connectivity index (χ3n) is 5.83. The van der Waals surface area contributed by atoms with E-state index in [-0.39, 0.29) is 23.4 Å². The van der Waals surface area contributed by atoms with Crippen molar-refractivity contribution < 1.29 is 23.2 Å². The van der Waals surface area contributed by atoms with Crippen LogP contribution in [0, 0.1) is 5.82 Å². The molecule has 2 unspecified atom stereocenters. The second-order valence-electron chi connectivity index (χ2n) is 8.07. The van der Waals surface area contributed by atoms with Crippen molar-refractivity contribution in [2.45, 2.75) is 55.6 Å². The fraction of sp³-hybridized carbons (Fsp3) is 0.474. The average molecular weight is 453 g/mol. The molecule has 3 aliphatic rings. The number of benzene rings is 1. The highest BCUT2D eigenvalue weighted by Crippen LogP contribution is 2.42. The van der Waals surface area contributed by atoms with Gasteiger partial charge in [-0.05, 0) is 61.3 Å². The summed E-state index contributed by atoms with van der Waals surface area (Å²) in [6.45, 7) is 1.82. The van der Waals surface area contributed by atoms with Crippen LogP contribution in [-0.4, -0.2) is 26.9 Å². The third-order valence-corrected chi connectivity index (χ3v) is 8.97. The largest absolute Gasteiger partial charge is 0.382 e. The number of hydrogen-bond donors (Lipinski definition) is 3. The molecule has 0 bridgehead atoms. The number of anilines is 1. The van der Waals surface area contributed by atoms with E-state index in [1.165, 1.54) is 0 Å². The normalized spacial score (nSPS) is 23.6. The monoisotopic (exact) mass is 452 g/mol. The first-order valence-corrected chi connectivity index (χ1v) is 12.1. The quantitative estimate of drug-likeness (QED) is 0.645. The number of ether oxygens (including phenoxy) is 1. The lowest BCUT2D eigenvalue weighted by Gasteiger charge is -2.26. The number of carbonyl (C=O) groups is 1. The van der Waals surface area contributed by atoms with Crippen LogP contribution >= 0.6 is 11.3 Å². The Balaban J connectivity index is 1.48. The average Bonchev–Trinajstić information content (AvgIpc) is 3.26. The van der Waals surface area contributed by atoms with Gasteiger partial charge < -0.3 is 15.2 Å². The number of hydrogen-bond acceptors (Lipinski definition) is 6. The lowest BCUT2D eigenvalue weighted by Crippen LogP contribution is -2.31. The summed E-state index contributed by atoms with van der Waals surface area (Å²) in [4.78, 5) is 17.3. The van der Waals surface area contributed by atoms with Crippen molar-refractivity contribution in [1.29, 1.82) is 0 Å². The number of nitrogens with two attached hydrogens (primary N) is 1. The van der Waals surface area contributed by atoms with E-state index < -0.39 is 21.5 Å². The Hall–Kier alpha value is -1.92. The van der Waals surface area contributed by atoms with Gasteiger partial charge in [-0.2, -0.15) is 0 Å². The minimum absolute atomic E-state index is 0.0363. The van der Waals surface area contributed by atoms with E-state index in [1.807, 2.05) is 0 Å². The number of thiazole rings is 1. The van der Waals surface area contributed by atoms with Gasteiger partial charge in [-0.1, -0.05) is 0 Å². The Morgan fingerprint density at radius 1 is 1.30 bits per heavy atom.